The van der Waals surface area contributed by atoms with Crippen LogP contribution in [0.5, 0.6) is 0 Å². The summed E-state index contributed by atoms with van der Waals surface area (Å²) >= 11 is 0. The summed E-state index contributed by atoms with van der Waals surface area (Å²) in [7, 11) is 1.46. The Morgan fingerprint density at radius 2 is 1.86 bits per heavy atom. The number of halogens is 1. The zero-order chi connectivity index (χ0) is 15.0. The van der Waals surface area contributed by atoms with Gasteiger partial charge >= 0.3 is 0 Å². The highest BCUT2D eigenvalue weighted by Gasteiger charge is 2.19. The Morgan fingerprint density at radius 3 is 2.43 bits per heavy atom. The molecular weight excluding hydrogens is 294 g/mol. The Labute approximate surface area is 130 Å². The molecule has 1 aromatic carbocycles. The maximum Gasteiger partial charge on any atom is 0.242 e. The number of rotatable bonds is 7. The van der Waals surface area contributed by atoms with Crippen LogP contribution in [0.3, 0.4) is 0 Å². The molecule has 0 saturated carbocycles. The summed E-state index contributed by atoms with van der Waals surface area (Å²) in [5.74, 6) is -0.666. The second-order valence-electron chi connectivity index (χ2n) is 4.50. The summed E-state index contributed by atoms with van der Waals surface area (Å²) in [4.78, 5) is 23.5. The number of nitrogens with two attached hydrogens (primary N) is 1. The molecule has 0 radical (unpaired) electrons. The predicted octanol–water partition coefficient (Wildman–Crippen LogP) is 0.203. The van der Waals surface area contributed by atoms with Crippen LogP contribution in [0.25, 0.3) is 0 Å². The van der Waals surface area contributed by atoms with Gasteiger partial charge in [-0.3, -0.25) is 9.59 Å². The lowest BCUT2D eigenvalue weighted by atomic mass is 10.2. The first-order chi connectivity index (χ1) is 9.54. The van der Waals surface area contributed by atoms with Crippen molar-refractivity contribution >= 4 is 24.2 Å². The molecule has 0 aliphatic rings. The molecule has 0 aromatic heterocycles. The fourth-order valence-corrected chi connectivity index (χ4v) is 1.58. The highest BCUT2D eigenvalue weighted by atomic mass is 35.5. The van der Waals surface area contributed by atoms with Crippen molar-refractivity contribution in [3.8, 4) is 0 Å². The topological polar surface area (TPSA) is 93.4 Å². The third-order valence-corrected chi connectivity index (χ3v) is 2.74. The van der Waals surface area contributed by atoms with E-state index in [4.69, 9.17) is 10.5 Å². The lowest BCUT2D eigenvalue weighted by Crippen LogP contribution is -2.51. The fraction of sp³-hybridized carbons (Fsp3) is 0.429. The van der Waals surface area contributed by atoms with Crippen molar-refractivity contribution in [1.82, 2.24) is 10.6 Å². The van der Waals surface area contributed by atoms with Crippen molar-refractivity contribution in [1.29, 1.82) is 0 Å². The van der Waals surface area contributed by atoms with E-state index in [0.717, 1.165) is 5.56 Å². The molecule has 2 atom stereocenters. The molecule has 2 amide bonds. The van der Waals surface area contributed by atoms with E-state index < -0.39 is 18.0 Å². The minimum atomic E-state index is -0.774. The number of amides is 2. The molecule has 0 spiro atoms. The van der Waals surface area contributed by atoms with Crippen molar-refractivity contribution in [2.24, 2.45) is 5.73 Å². The second-order valence-corrected chi connectivity index (χ2v) is 4.50. The van der Waals surface area contributed by atoms with Gasteiger partial charge in [0.25, 0.3) is 0 Å². The summed E-state index contributed by atoms with van der Waals surface area (Å²) in [6.07, 6.45) is 0. The van der Waals surface area contributed by atoms with Crippen molar-refractivity contribution in [3.63, 3.8) is 0 Å². The molecule has 0 fully saturated rings. The molecule has 0 saturated heterocycles. The maximum atomic E-state index is 11.8. The summed E-state index contributed by atoms with van der Waals surface area (Å²) < 4.78 is 4.79. The van der Waals surface area contributed by atoms with Crippen LogP contribution in [0.1, 0.15) is 12.5 Å². The molecule has 0 aliphatic heterocycles. The number of carbonyl (C=O) groups is 2. The molecule has 1 rings (SSSR count). The van der Waals surface area contributed by atoms with Crippen molar-refractivity contribution in [2.45, 2.75) is 25.6 Å². The van der Waals surface area contributed by atoms with E-state index in [1.54, 1.807) is 6.92 Å². The Kier molecular flexibility index (Phi) is 9.36. The van der Waals surface area contributed by atoms with Gasteiger partial charge in [0.2, 0.25) is 11.8 Å². The Balaban J connectivity index is 0.00000400. The molecule has 0 bridgehead atoms. The number of carbonyl (C=O) groups excluding carboxylic acids is 2. The zero-order valence-electron chi connectivity index (χ0n) is 12.2. The van der Waals surface area contributed by atoms with Gasteiger partial charge in [-0.1, -0.05) is 30.3 Å². The van der Waals surface area contributed by atoms with E-state index in [1.807, 2.05) is 30.3 Å². The van der Waals surface area contributed by atoms with Gasteiger partial charge in [0.1, 0.15) is 12.1 Å². The molecule has 6 nitrogen and oxygen atoms in total. The van der Waals surface area contributed by atoms with E-state index in [-0.39, 0.29) is 24.9 Å². The fourth-order valence-electron chi connectivity index (χ4n) is 1.58. The van der Waals surface area contributed by atoms with Crippen LogP contribution in [0.4, 0.5) is 0 Å². The summed E-state index contributed by atoms with van der Waals surface area (Å²) in [5, 5.41) is 5.29. The lowest BCUT2D eigenvalue weighted by Gasteiger charge is -2.17. The second kappa shape index (κ2) is 10.1. The van der Waals surface area contributed by atoms with E-state index >= 15 is 0 Å². The largest absolute Gasteiger partial charge is 0.383 e. The van der Waals surface area contributed by atoms with Gasteiger partial charge in [-0.25, -0.2) is 0 Å². The molecule has 21 heavy (non-hydrogen) atoms. The molecule has 7 heteroatoms. The predicted molar refractivity (Wildman–Crippen MR) is 83.0 cm³/mol. The van der Waals surface area contributed by atoms with E-state index in [1.165, 1.54) is 7.11 Å². The molecule has 118 valence electrons. The monoisotopic (exact) mass is 315 g/mol. The minimum Gasteiger partial charge on any atom is -0.383 e. The smallest absolute Gasteiger partial charge is 0.242 e. The highest BCUT2D eigenvalue weighted by Crippen LogP contribution is 1.97. The number of benzene rings is 1. The van der Waals surface area contributed by atoms with Gasteiger partial charge < -0.3 is 21.1 Å². The molecule has 4 N–H and O–H groups in total. The quantitative estimate of drug-likeness (QED) is 0.670. The van der Waals surface area contributed by atoms with Gasteiger partial charge in [-0.15, -0.1) is 12.4 Å². The molecule has 1 aromatic rings. The standard InChI is InChI=1S/C14H21N3O3.ClH/c1-10(17-14(19)12(15)9-20-2)13(18)16-8-11-6-4-3-5-7-11;/h3-7,10,12H,8-9,15H2,1-2H3,(H,16,18)(H,17,19);1H. The first kappa shape index (κ1) is 19.4. The average molecular weight is 316 g/mol. The number of methoxy groups -OCH3 is 1. The molecule has 2 unspecified atom stereocenters. The number of nitrogens with one attached hydrogen (secondary N) is 2. The first-order valence-corrected chi connectivity index (χ1v) is 6.41. The third-order valence-electron chi connectivity index (χ3n) is 2.74. The van der Waals surface area contributed by atoms with Gasteiger partial charge in [-0.2, -0.15) is 0 Å². The Morgan fingerprint density at radius 1 is 1.24 bits per heavy atom. The first-order valence-electron chi connectivity index (χ1n) is 6.41. The van der Waals surface area contributed by atoms with Crippen LogP contribution in [0.2, 0.25) is 0 Å². The van der Waals surface area contributed by atoms with Crippen molar-refractivity contribution < 1.29 is 14.3 Å². The lowest BCUT2D eigenvalue weighted by molar-refractivity contribution is -0.129. The van der Waals surface area contributed by atoms with Crippen LogP contribution >= 0.6 is 12.4 Å². The van der Waals surface area contributed by atoms with Crippen LogP contribution in [-0.4, -0.2) is 37.6 Å². The normalized spacial score (nSPS) is 12.7. The van der Waals surface area contributed by atoms with E-state index in [0.29, 0.717) is 6.54 Å². The summed E-state index contributed by atoms with van der Waals surface area (Å²) in [6.45, 7) is 2.14. The van der Waals surface area contributed by atoms with Crippen LogP contribution in [-0.2, 0) is 20.9 Å². The number of hydrogen-bond donors (Lipinski definition) is 3. The van der Waals surface area contributed by atoms with Crippen LogP contribution in [0, 0.1) is 0 Å². The third kappa shape index (κ3) is 7.08. The minimum absolute atomic E-state index is 0. The molecule has 0 aliphatic carbocycles. The van der Waals surface area contributed by atoms with Gasteiger partial charge in [0.05, 0.1) is 6.61 Å². The summed E-state index contributed by atoms with van der Waals surface area (Å²) in [6, 6.07) is 8.12. The van der Waals surface area contributed by atoms with E-state index in [2.05, 4.69) is 10.6 Å². The van der Waals surface area contributed by atoms with Crippen LogP contribution in [0.15, 0.2) is 30.3 Å². The molecular formula is C14H22ClN3O3. The SMILES string of the molecule is COCC(N)C(=O)NC(C)C(=O)NCc1ccccc1.Cl. The molecule has 0 heterocycles. The van der Waals surface area contributed by atoms with E-state index in [9.17, 15) is 9.59 Å². The van der Waals surface area contributed by atoms with Crippen molar-refractivity contribution in [2.75, 3.05) is 13.7 Å². The Bertz CT molecular complexity index is 442. The zero-order valence-corrected chi connectivity index (χ0v) is 13.0. The Hall–Kier alpha value is -1.63. The van der Waals surface area contributed by atoms with Crippen molar-refractivity contribution in [3.05, 3.63) is 35.9 Å². The van der Waals surface area contributed by atoms with Gasteiger partial charge in [0, 0.05) is 13.7 Å². The van der Waals surface area contributed by atoms with Gasteiger partial charge in [0.15, 0.2) is 0 Å². The maximum absolute atomic E-state index is 11.8. The highest BCUT2D eigenvalue weighted by molar-refractivity contribution is 5.89. The van der Waals surface area contributed by atoms with Gasteiger partial charge in [-0.05, 0) is 12.5 Å². The number of ether oxygens (including phenoxy) is 1. The number of hydrogen-bond acceptors (Lipinski definition) is 4. The summed E-state index contributed by atoms with van der Waals surface area (Å²) in [5.41, 5.74) is 6.57. The van der Waals surface area contributed by atoms with Crippen LogP contribution < -0.4 is 16.4 Å². The average Bonchev–Trinajstić information content (AvgIpc) is 2.45.